The van der Waals surface area contributed by atoms with E-state index in [1.54, 1.807) is 10.7 Å². The van der Waals surface area contributed by atoms with Crippen molar-refractivity contribution in [3.63, 3.8) is 0 Å². The first-order valence-corrected chi connectivity index (χ1v) is 11.4. The van der Waals surface area contributed by atoms with Crippen molar-refractivity contribution in [3.05, 3.63) is 88.2 Å². The third kappa shape index (κ3) is 4.05. The smallest absolute Gasteiger partial charge is 0.272 e. The van der Waals surface area contributed by atoms with E-state index in [0.717, 1.165) is 31.2 Å². The van der Waals surface area contributed by atoms with Gasteiger partial charge in [0, 0.05) is 25.7 Å². The number of carbonyl (C=O) groups excluding carboxylic acids is 2. The minimum atomic E-state index is -0.217. The number of hydrogen-bond donors (Lipinski definition) is 1. The molecular formula is C26H28N4O2. The van der Waals surface area contributed by atoms with Gasteiger partial charge in [0.05, 0.1) is 6.04 Å². The molecule has 2 aromatic carbocycles. The highest BCUT2D eigenvalue weighted by molar-refractivity contribution is 5.98. The fourth-order valence-electron chi connectivity index (χ4n) is 4.86. The van der Waals surface area contributed by atoms with Gasteiger partial charge in [-0.15, -0.1) is 0 Å². The molecule has 0 radical (unpaired) electrons. The summed E-state index contributed by atoms with van der Waals surface area (Å²) >= 11 is 0. The fraction of sp³-hybridized carbons (Fsp3) is 0.346. The van der Waals surface area contributed by atoms with Gasteiger partial charge < -0.3 is 10.2 Å². The number of nitrogens with zero attached hydrogens (tertiary/aromatic N) is 3. The number of benzene rings is 2. The van der Waals surface area contributed by atoms with Gasteiger partial charge in [-0.3, -0.25) is 14.3 Å². The Morgan fingerprint density at radius 3 is 2.84 bits per heavy atom. The maximum Gasteiger partial charge on any atom is 0.272 e. The van der Waals surface area contributed by atoms with Crippen LogP contribution in [0.3, 0.4) is 0 Å². The minimum absolute atomic E-state index is 0.0116. The van der Waals surface area contributed by atoms with Crippen LogP contribution in [-0.2, 0) is 19.5 Å². The summed E-state index contributed by atoms with van der Waals surface area (Å²) in [6.45, 7) is 3.92. The highest BCUT2D eigenvalue weighted by Gasteiger charge is 2.28. The van der Waals surface area contributed by atoms with Gasteiger partial charge >= 0.3 is 0 Å². The van der Waals surface area contributed by atoms with Crippen LogP contribution in [-0.4, -0.2) is 33.0 Å². The Morgan fingerprint density at radius 2 is 1.97 bits per heavy atom. The Kier molecular flexibility index (Phi) is 5.52. The van der Waals surface area contributed by atoms with E-state index >= 15 is 0 Å². The minimum Gasteiger partial charge on any atom is -0.344 e. The molecule has 1 N–H and O–H groups in total. The summed E-state index contributed by atoms with van der Waals surface area (Å²) < 4.78 is 1.70. The summed E-state index contributed by atoms with van der Waals surface area (Å²) in [6.07, 6.45) is 3.82. The molecule has 1 aromatic heterocycles. The molecule has 164 valence electrons. The summed E-state index contributed by atoms with van der Waals surface area (Å²) in [5.41, 5.74) is 5.58. The maximum absolute atomic E-state index is 13.2. The first-order valence-electron chi connectivity index (χ1n) is 11.4. The molecule has 2 aliphatic rings. The van der Waals surface area contributed by atoms with Crippen molar-refractivity contribution >= 4 is 11.8 Å². The first-order chi connectivity index (χ1) is 15.6. The topological polar surface area (TPSA) is 67.2 Å². The Labute approximate surface area is 188 Å². The van der Waals surface area contributed by atoms with Crippen molar-refractivity contribution in [3.8, 4) is 0 Å². The summed E-state index contributed by atoms with van der Waals surface area (Å²) in [4.78, 5) is 28.1. The number of nitrogens with one attached hydrogen (secondary N) is 1. The van der Waals surface area contributed by atoms with E-state index in [-0.39, 0.29) is 17.9 Å². The molecule has 1 aliphatic carbocycles. The normalized spacial score (nSPS) is 18.0. The average molecular weight is 429 g/mol. The number of aromatic nitrogens is 2. The second-order valence-corrected chi connectivity index (χ2v) is 8.82. The molecular weight excluding hydrogens is 400 g/mol. The monoisotopic (exact) mass is 428 g/mol. The second-order valence-electron chi connectivity index (χ2n) is 8.82. The van der Waals surface area contributed by atoms with Crippen LogP contribution in [0, 0.1) is 6.92 Å². The van der Waals surface area contributed by atoms with E-state index in [4.69, 9.17) is 0 Å². The standard InChI is InChI=1S/C26H28N4O2/c1-18-7-4-8-19(15-18)17-29-13-6-14-30-24(26(29)32)16-23(28-30)25(31)27-22-12-5-10-20-9-2-3-11-21(20)22/h2-4,7-9,11,15-16,22H,5-6,10,12-14,17H2,1H3,(H,27,31)/t22-/m1/s1. The predicted molar refractivity (Wildman–Crippen MR) is 122 cm³/mol. The highest BCUT2D eigenvalue weighted by atomic mass is 16.2. The zero-order valence-electron chi connectivity index (χ0n) is 18.4. The lowest BCUT2D eigenvalue weighted by molar-refractivity contribution is 0.0745. The van der Waals surface area contributed by atoms with Crippen molar-refractivity contribution in [2.24, 2.45) is 0 Å². The Bertz CT molecular complexity index is 1170. The van der Waals surface area contributed by atoms with Crippen LogP contribution in [0.2, 0.25) is 0 Å². The quantitative estimate of drug-likeness (QED) is 0.682. The van der Waals surface area contributed by atoms with E-state index in [2.05, 4.69) is 41.6 Å². The van der Waals surface area contributed by atoms with Crippen LogP contribution < -0.4 is 5.32 Å². The summed E-state index contributed by atoms with van der Waals surface area (Å²) in [5.74, 6) is -0.288. The molecule has 0 fully saturated rings. The molecule has 0 unspecified atom stereocenters. The lowest BCUT2D eigenvalue weighted by Crippen LogP contribution is -2.31. The van der Waals surface area contributed by atoms with Gasteiger partial charge in [0.15, 0.2) is 5.69 Å². The van der Waals surface area contributed by atoms with Gasteiger partial charge in [-0.2, -0.15) is 5.10 Å². The fourth-order valence-corrected chi connectivity index (χ4v) is 4.86. The largest absolute Gasteiger partial charge is 0.344 e. The highest BCUT2D eigenvalue weighted by Crippen LogP contribution is 2.29. The number of rotatable bonds is 4. The maximum atomic E-state index is 13.2. The molecule has 3 aromatic rings. The molecule has 2 amide bonds. The molecule has 6 nitrogen and oxygen atoms in total. The predicted octanol–water partition coefficient (Wildman–Crippen LogP) is 4.05. The van der Waals surface area contributed by atoms with Crippen LogP contribution in [0.1, 0.15) is 68.5 Å². The molecule has 0 saturated heterocycles. The molecule has 0 bridgehead atoms. The Morgan fingerprint density at radius 1 is 1.09 bits per heavy atom. The molecule has 0 spiro atoms. The van der Waals surface area contributed by atoms with E-state index < -0.39 is 0 Å². The number of carbonyl (C=O) groups is 2. The number of fused-ring (bicyclic) bond motifs is 2. The molecule has 0 saturated carbocycles. The Balaban J connectivity index is 1.34. The SMILES string of the molecule is Cc1cccc(CN2CCCn3nc(C(=O)N[C@@H]4CCCc5ccccc54)cc3C2=O)c1. The lowest BCUT2D eigenvalue weighted by Gasteiger charge is -2.26. The van der Waals surface area contributed by atoms with Gasteiger partial charge in [0.2, 0.25) is 0 Å². The van der Waals surface area contributed by atoms with Crippen molar-refractivity contribution in [2.75, 3.05) is 6.54 Å². The lowest BCUT2D eigenvalue weighted by atomic mass is 9.87. The molecule has 5 rings (SSSR count). The van der Waals surface area contributed by atoms with Crippen molar-refractivity contribution in [1.29, 1.82) is 0 Å². The van der Waals surface area contributed by atoms with E-state index in [9.17, 15) is 9.59 Å². The third-order valence-electron chi connectivity index (χ3n) is 6.45. The van der Waals surface area contributed by atoms with E-state index in [0.29, 0.717) is 31.0 Å². The van der Waals surface area contributed by atoms with E-state index in [1.165, 1.54) is 16.7 Å². The van der Waals surface area contributed by atoms with Crippen LogP contribution in [0.25, 0.3) is 0 Å². The second kappa shape index (κ2) is 8.61. The molecule has 1 aliphatic heterocycles. The molecule has 6 heteroatoms. The number of hydrogen-bond acceptors (Lipinski definition) is 3. The van der Waals surface area contributed by atoms with Gasteiger partial charge in [-0.1, -0.05) is 54.1 Å². The van der Waals surface area contributed by atoms with Gasteiger partial charge in [-0.25, -0.2) is 0 Å². The number of amides is 2. The average Bonchev–Trinajstić information content (AvgIpc) is 3.17. The summed E-state index contributed by atoms with van der Waals surface area (Å²) in [6, 6.07) is 18.2. The third-order valence-corrected chi connectivity index (χ3v) is 6.45. The zero-order valence-corrected chi connectivity index (χ0v) is 18.4. The summed E-state index contributed by atoms with van der Waals surface area (Å²) in [5, 5.41) is 7.64. The van der Waals surface area contributed by atoms with Crippen LogP contribution in [0.5, 0.6) is 0 Å². The van der Waals surface area contributed by atoms with Gasteiger partial charge in [-0.05, 0) is 49.3 Å². The molecule has 32 heavy (non-hydrogen) atoms. The first kappa shape index (κ1) is 20.5. The summed E-state index contributed by atoms with van der Waals surface area (Å²) in [7, 11) is 0. The van der Waals surface area contributed by atoms with Crippen LogP contribution in [0.15, 0.2) is 54.6 Å². The van der Waals surface area contributed by atoms with Crippen molar-refractivity contribution < 1.29 is 9.59 Å². The Hall–Kier alpha value is -3.41. The van der Waals surface area contributed by atoms with Gasteiger partial charge in [0.25, 0.3) is 11.8 Å². The molecule has 1 atom stereocenters. The van der Waals surface area contributed by atoms with Crippen molar-refractivity contribution in [1.82, 2.24) is 20.0 Å². The zero-order chi connectivity index (χ0) is 22.1. The van der Waals surface area contributed by atoms with Crippen LogP contribution in [0.4, 0.5) is 0 Å². The number of aryl methyl sites for hydroxylation is 3. The van der Waals surface area contributed by atoms with Gasteiger partial charge in [0.1, 0.15) is 5.69 Å². The van der Waals surface area contributed by atoms with E-state index in [1.807, 2.05) is 29.2 Å². The van der Waals surface area contributed by atoms with Crippen molar-refractivity contribution in [2.45, 2.75) is 51.7 Å². The molecule has 2 heterocycles. The van der Waals surface area contributed by atoms with Crippen LogP contribution >= 0.6 is 0 Å².